The average Bonchev–Trinajstić information content (AvgIpc) is 2.30. The third kappa shape index (κ3) is 2.85. The lowest BCUT2D eigenvalue weighted by atomic mass is 10.1. The molecule has 1 rings (SSSR count). The maximum Gasteiger partial charge on any atom is 0.243 e. The van der Waals surface area contributed by atoms with Crippen LogP contribution in [0.4, 0.5) is 0 Å². The van der Waals surface area contributed by atoms with Gasteiger partial charge in [0.1, 0.15) is 0 Å². The van der Waals surface area contributed by atoms with Gasteiger partial charge in [-0.25, -0.2) is 8.42 Å². The molecule has 0 saturated heterocycles. The average molecular weight is 292 g/mol. The Balaban J connectivity index is 3.46. The van der Waals surface area contributed by atoms with Crippen molar-refractivity contribution in [1.29, 1.82) is 0 Å². The number of sulfonamides is 1. The van der Waals surface area contributed by atoms with Crippen LogP contribution in [0.3, 0.4) is 0 Å². The number of aliphatic hydroxyl groups is 1. The van der Waals surface area contributed by atoms with Crippen LogP contribution in [0.2, 0.25) is 5.02 Å². The molecule has 0 unspecified atom stereocenters. The van der Waals surface area contributed by atoms with E-state index in [1.165, 1.54) is 17.4 Å². The summed E-state index contributed by atoms with van der Waals surface area (Å²) in [7, 11) is -2.06. The molecule has 0 aliphatic rings. The van der Waals surface area contributed by atoms with E-state index in [2.05, 4.69) is 0 Å². The first kappa shape index (κ1) is 15.4. The minimum Gasteiger partial charge on any atom is -0.392 e. The molecule has 0 bridgehead atoms. The van der Waals surface area contributed by atoms with Gasteiger partial charge in [0.2, 0.25) is 10.0 Å². The summed E-state index contributed by atoms with van der Waals surface area (Å²) in [6.45, 7) is 5.03. The Labute approximate surface area is 113 Å². The molecule has 1 aromatic carbocycles. The summed E-state index contributed by atoms with van der Waals surface area (Å²) >= 11 is 5.90. The molecule has 102 valence electrons. The number of benzene rings is 1. The van der Waals surface area contributed by atoms with Crippen molar-refractivity contribution in [2.24, 2.45) is 0 Å². The highest BCUT2D eigenvalue weighted by atomic mass is 35.5. The van der Waals surface area contributed by atoms with Crippen molar-refractivity contribution in [3.63, 3.8) is 0 Å². The Kier molecular flexibility index (Phi) is 4.78. The van der Waals surface area contributed by atoms with Gasteiger partial charge in [0.25, 0.3) is 0 Å². The Morgan fingerprint density at radius 3 is 2.39 bits per heavy atom. The zero-order valence-electron chi connectivity index (χ0n) is 10.9. The summed E-state index contributed by atoms with van der Waals surface area (Å²) in [5.74, 6) is 0. The van der Waals surface area contributed by atoms with Gasteiger partial charge >= 0.3 is 0 Å². The van der Waals surface area contributed by atoms with E-state index in [9.17, 15) is 13.5 Å². The SMILES string of the molecule is Cc1c(CO)cc(Cl)cc1S(=O)(=O)N(C)C(C)C. The molecule has 0 atom stereocenters. The quantitative estimate of drug-likeness (QED) is 0.925. The number of hydrogen-bond acceptors (Lipinski definition) is 3. The smallest absolute Gasteiger partial charge is 0.243 e. The van der Waals surface area contributed by atoms with Gasteiger partial charge in [-0.2, -0.15) is 4.31 Å². The molecular formula is C12H18ClNO3S. The Morgan fingerprint density at radius 1 is 1.39 bits per heavy atom. The Hall–Kier alpha value is -0.620. The summed E-state index contributed by atoms with van der Waals surface area (Å²) < 4.78 is 26.1. The van der Waals surface area contributed by atoms with Gasteiger partial charge in [-0.3, -0.25) is 0 Å². The highest BCUT2D eigenvalue weighted by Gasteiger charge is 2.26. The number of aliphatic hydroxyl groups excluding tert-OH is 1. The van der Waals surface area contributed by atoms with Crippen LogP contribution < -0.4 is 0 Å². The zero-order valence-corrected chi connectivity index (χ0v) is 12.5. The molecule has 1 N–H and O–H groups in total. The maximum atomic E-state index is 12.4. The summed E-state index contributed by atoms with van der Waals surface area (Å²) in [6, 6.07) is 2.85. The topological polar surface area (TPSA) is 57.6 Å². The first-order valence-electron chi connectivity index (χ1n) is 5.59. The Bertz CT molecular complexity index is 540. The fraction of sp³-hybridized carbons (Fsp3) is 0.500. The molecule has 0 saturated carbocycles. The van der Waals surface area contributed by atoms with E-state index in [-0.39, 0.29) is 17.5 Å². The molecule has 0 spiro atoms. The predicted octanol–water partition coefficient (Wildman–Crippen LogP) is 2.17. The minimum atomic E-state index is -3.59. The molecule has 0 fully saturated rings. The van der Waals surface area contributed by atoms with E-state index in [0.717, 1.165) is 0 Å². The van der Waals surface area contributed by atoms with E-state index in [1.54, 1.807) is 26.8 Å². The first-order chi connectivity index (χ1) is 8.21. The molecule has 0 aromatic heterocycles. The van der Waals surface area contributed by atoms with Crippen LogP contribution in [0.15, 0.2) is 17.0 Å². The van der Waals surface area contributed by atoms with Gasteiger partial charge in [0.15, 0.2) is 0 Å². The van der Waals surface area contributed by atoms with Crippen molar-refractivity contribution in [2.45, 2.75) is 38.3 Å². The van der Waals surface area contributed by atoms with Crippen LogP contribution in [0.25, 0.3) is 0 Å². The van der Waals surface area contributed by atoms with Gasteiger partial charge in [-0.15, -0.1) is 0 Å². The summed E-state index contributed by atoms with van der Waals surface area (Å²) in [5, 5.41) is 9.52. The molecule has 0 radical (unpaired) electrons. The summed E-state index contributed by atoms with van der Waals surface area (Å²) in [6.07, 6.45) is 0. The molecule has 0 heterocycles. The van der Waals surface area contributed by atoms with Crippen LogP contribution in [0.5, 0.6) is 0 Å². The van der Waals surface area contributed by atoms with Crippen molar-refractivity contribution < 1.29 is 13.5 Å². The lowest BCUT2D eigenvalue weighted by molar-refractivity contribution is 0.280. The van der Waals surface area contributed by atoms with Crippen molar-refractivity contribution in [2.75, 3.05) is 7.05 Å². The second-order valence-corrected chi connectivity index (χ2v) is 6.86. The van der Waals surface area contributed by atoms with E-state index in [1.807, 2.05) is 0 Å². The van der Waals surface area contributed by atoms with Crippen LogP contribution in [0.1, 0.15) is 25.0 Å². The largest absolute Gasteiger partial charge is 0.392 e. The van der Waals surface area contributed by atoms with Gasteiger partial charge in [0, 0.05) is 18.1 Å². The summed E-state index contributed by atoms with van der Waals surface area (Å²) in [4.78, 5) is 0.148. The van der Waals surface area contributed by atoms with Crippen molar-refractivity contribution >= 4 is 21.6 Å². The van der Waals surface area contributed by atoms with E-state index in [0.29, 0.717) is 16.1 Å². The predicted molar refractivity (Wildman–Crippen MR) is 72.2 cm³/mol. The van der Waals surface area contributed by atoms with E-state index < -0.39 is 10.0 Å². The van der Waals surface area contributed by atoms with Crippen LogP contribution in [0, 0.1) is 6.92 Å². The van der Waals surface area contributed by atoms with E-state index in [4.69, 9.17) is 11.6 Å². The monoisotopic (exact) mass is 291 g/mol. The second-order valence-electron chi connectivity index (χ2n) is 4.46. The van der Waals surface area contributed by atoms with Crippen LogP contribution in [-0.2, 0) is 16.6 Å². The second kappa shape index (κ2) is 5.57. The van der Waals surface area contributed by atoms with Crippen molar-refractivity contribution in [3.8, 4) is 0 Å². The lowest BCUT2D eigenvalue weighted by Gasteiger charge is -2.22. The third-order valence-electron chi connectivity index (χ3n) is 2.99. The van der Waals surface area contributed by atoms with Crippen LogP contribution >= 0.6 is 11.6 Å². The highest BCUT2D eigenvalue weighted by molar-refractivity contribution is 7.89. The van der Waals surface area contributed by atoms with E-state index >= 15 is 0 Å². The molecular weight excluding hydrogens is 274 g/mol. The molecule has 6 heteroatoms. The third-order valence-corrected chi connectivity index (χ3v) is 5.36. The first-order valence-corrected chi connectivity index (χ1v) is 7.41. The van der Waals surface area contributed by atoms with Gasteiger partial charge < -0.3 is 5.11 Å². The summed E-state index contributed by atoms with van der Waals surface area (Å²) in [5.41, 5.74) is 1.06. The standard InChI is InChI=1S/C12H18ClNO3S/c1-8(2)14(4)18(16,17)12-6-11(13)5-10(7-15)9(12)3/h5-6,8,15H,7H2,1-4H3. The fourth-order valence-electron chi connectivity index (χ4n) is 1.57. The number of halogens is 1. The Morgan fingerprint density at radius 2 is 1.94 bits per heavy atom. The number of rotatable bonds is 4. The maximum absolute atomic E-state index is 12.4. The molecule has 18 heavy (non-hydrogen) atoms. The number of nitrogens with zero attached hydrogens (tertiary/aromatic N) is 1. The highest BCUT2D eigenvalue weighted by Crippen LogP contribution is 2.27. The van der Waals surface area contributed by atoms with Crippen LogP contribution in [-0.4, -0.2) is 30.9 Å². The zero-order chi connectivity index (χ0) is 14.1. The molecule has 0 amide bonds. The molecule has 0 aliphatic carbocycles. The molecule has 4 nitrogen and oxygen atoms in total. The van der Waals surface area contributed by atoms with Gasteiger partial charge in [-0.1, -0.05) is 11.6 Å². The molecule has 0 aliphatic heterocycles. The minimum absolute atomic E-state index is 0.147. The van der Waals surface area contributed by atoms with Gasteiger partial charge in [-0.05, 0) is 44.0 Å². The number of hydrogen-bond donors (Lipinski definition) is 1. The fourth-order valence-corrected chi connectivity index (χ4v) is 3.54. The molecule has 1 aromatic rings. The lowest BCUT2D eigenvalue weighted by Crippen LogP contribution is -2.33. The van der Waals surface area contributed by atoms with Crippen molar-refractivity contribution in [1.82, 2.24) is 4.31 Å². The normalized spacial score (nSPS) is 12.4. The van der Waals surface area contributed by atoms with Crippen molar-refractivity contribution in [3.05, 3.63) is 28.3 Å². The van der Waals surface area contributed by atoms with Gasteiger partial charge in [0.05, 0.1) is 11.5 Å².